The topological polar surface area (TPSA) is 0 Å². The highest BCUT2D eigenvalue weighted by molar-refractivity contribution is 9.10. The monoisotopic (exact) mass is 404 g/mol. The smallest absolute Gasteiger partial charge is 0.0850 e. The molecule has 0 radical (unpaired) electrons. The molecule has 0 saturated heterocycles. The summed E-state index contributed by atoms with van der Waals surface area (Å²) in [5.41, 5.74) is 2.03. The first-order valence-electron chi connectivity index (χ1n) is 5.82. The van der Waals surface area contributed by atoms with Crippen LogP contribution in [0, 0.1) is 0 Å². The van der Waals surface area contributed by atoms with Crippen LogP contribution in [0.4, 0.5) is 0 Å². The zero-order valence-electron chi connectivity index (χ0n) is 10.0. The van der Waals surface area contributed by atoms with Gasteiger partial charge in [0.2, 0.25) is 0 Å². The lowest BCUT2D eigenvalue weighted by atomic mass is 10.0. The quantitative estimate of drug-likeness (QED) is 0.392. The number of thiophene rings is 1. The lowest BCUT2D eigenvalue weighted by Crippen LogP contribution is -1.92. The van der Waals surface area contributed by atoms with Crippen LogP contribution in [0.15, 0.2) is 46.3 Å². The predicted octanol–water partition coefficient (Wildman–Crippen LogP) is 7.30. The molecule has 0 spiro atoms. The van der Waals surface area contributed by atoms with Gasteiger partial charge in [0.1, 0.15) is 0 Å². The van der Waals surface area contributed by atoms with Crippen molar-refractivity contribution in [2.45, 2.75) is 5.38 Å². The van der Waals surface area contributed by atoms with Crippen molar-refractivity contribution in [2.75, 3.05) is 0 Å². The first kappa shape index (κ1) is 14.7. The largest absolute Gasteiger partial charge is 0.142 e. The number of rotatable bonds is 2. The maximum absolute atomic E-state index is 6.62. The van der Waals surface area contributed by atoms with Crippen LogP contribution in [0.3, 0.4) is 0 Å². The predicted molar refractivity (Wildman–Crippen MR) is 93.7 cm³/mol. The Morgan fingerprint density at radius 2 is 1.85 bits per heavy atom. The van der Waals surface area contributed by atoms with E-state index in [4.69, 9.17) is 34.8 Å². The third-order valence-electron chi connectivity index (χ3n) is 3.09. The number of hydrogen-bond acceptors (Lipinski definition) is 1. The van der Waals surface area contributed by atoms with Crippen molar-refractivity contribution in [1.29, 1.82) is 0 Å². The van der Waals surface area contributed by atoms with E-state index in [0.29, 0.717) is 10.0 Å². The average Bonchev–Trinajstić information content (AvgIpc) is 2.86. The molecule has 1 heterocycles. The van der Waals surface area contributed by atoms with Crippen molar-refractivity contribution in [1.82, 2.24) is 0 Å². The lowest BCUT2D eigenvalue weighted by molar-refractivity contribution is 1.17. The molecule has 3 rings (SSSR count). The molecule has 0 bridgehead atoms. The number of fused-ring (bicyclic) bond motifs is 1. The fraction of sp³-hybridized carbons (Fsp3) is 0.0667. The summed E-state index contributed by atoms with van der Waals surface area (Å²) in [6, 6.07) is 11.6. The Kier molecular flexibility index (Phi) is 4.30. The maximum Gasteiger partial charge on any atom is 0.0850 e. The van der Waals surface area contributed by atoms with Crippen LogP contribution in [0.25, 0.3) is 10.1 Å². The molecule has 102 valence electrons. The summed E-state index contributed by atoms with van der Waals surface area (Å²) in [4.78, 5) is 0. The molecule has 0 aliphatic carbocycles. The number of benzene rings is 2. The average molecular weight is 407 g/mol. The molecule has 5 heteroatoms. The highest BCUT2D eigenvalue weighted by atomic mass is 79.9. The van der Waals surface area contributed by atoms with E-state index in [1.165, 1.54) is 4.70 Å². The van der Waals surface area contributed by atoms with E-state index >= 15 is 0 Å². The van der Waals surface area contributed by atoms with Crippen LogP contribution < -0.4 is 0 Å². The van der Waals surface area contributed by atoms with Crippen molar-refractivity contribution in [3.8, 4) is 0 Å². The Hall–Kier alpha value is -0.250. The molecule has 2 aromatic carbocycles. The van der Waals surface area contributed by atoms with Crippen LogP contribution in [0.2, 0.25) is 10.0 Å². The Morgan fingerprint density at radius 1 is 1.05 bits per heavy atom. The van der Waals surface area contributed by atoms with Gasteiger partial charge in [-0.15, -0.1) is 22.9 Å². The van der Waals surface area contributed by atoms with Crippen molar-refractivity contribution < 1.29 is 0 Å². The Labute approximate surface area is 144 Å². The first-order chi connectivity index (χ1) is 9.58. The minimum Gasteiger partial charge on any atom is -0.142 e. The van der Waals surface area contributed by atoms with E-state index in [-0.39, 0.29) is 5.38 Å². The summed E-state index contributed by atoms with van der Waals surface area (Å²) >= 11 is 23.9. The van der Waals surface area contributed by atoms with Gasteiger partial charge in [-0.3, -0.25) is 0 Å². The fourth-order valence-corrected chi connectivity index (χ4v) is 4.43. The van der Waals surface area contributed by atoms with Crippen molar-refractivity contribution >= 4 is 72.2 Å². The van der Waals surface area contributed by atoms with E-state index in [1.54, 1.807) is 17.4 Å². The van der Waals surface area contributed by atoms with Crippen LogP contribution in [0.5, 0.6) is 0 Å². The van der Waals surface area contributed by atoms with Gasteiger partial charge in [-0.25, -0.2) is 0 Å². The fourth-order valence-electron chi connectivity index (χ4n) is 2.09. The number of alkyl halides is 1. The van der Waals surface area contributed by atoms with E-state index in [0.717, 1.165) is 21.0 Å². The van der Waals surface area contributed by atoms with Crippen LogP contribution in [-0.2, 0) is 0 Å². The highest BCUT2D eigenvalue weighted by Crippen LogP contribution is 2.41. The molecule has 1 atom stereocenters. The Balaban J connectivity index is 2.10. The second-order valence-electron chi connectivity index (χ2n) is 4.34. The third-order valence-corrected chi connectivity index (χ3v) is 6.29. The molecule has 0 fully saturated rings. The summed E-state index contributed by atoms with van der Waals surface area (Å²) < 4.78 is 2.29. The van der Waals surface area contributed by atoms with Gasteiger partial charge in [0.05, 0.1) is 15.4 Å². The normalized spacial score (nSPS) is 12.8. The summed E-state index contributed by atoms with van der Waals surface area (Å²) in [5.74, 6) is 0. The SMILES string of the molecule is Clc1ccc(C(Cl)c2csc3c(Br)cccc23)cc1Cl. The summed E-state index contributed by atoms with van der Waals surface area (Å²) in [5, 5.41) is 4.08. The molecule has 0 N–H and O–H groups in total. The minimum absolute atomic E-state index is 0.243. The molecule has 1 aromatic heterocycles. The first-order valence-corrected chi connectivity index (χ1v) is 8.69. The molecule has 0 aliphatic heterocycles. The van der Waals surface area contributed by atoms with Crippen LogP contribution in [0.1, 0.15) is 16.5 Å². The Bertz CT molecular complexity index is 782. The third kappa shape index (κ3) is 2.60. The number of halogens is 4. The molecule has 0 aliphatic rings. The van der Waals surface area contributed by atoms with Gasteiger partial charge in [-0.05, 0) is 56.0 Å². The van der Waals surface area contributed by atoms with E-state index in [1.807, 2.05) is 24.3 Å². The molecule has 3 aromatic rings. The molecular weight excluding hydrogens is 398 g/mol. The van der Waals surface area contributed by atoms with Crippen LogP contribution >= 0.6 is 62.1 Å². The van der Waals surface area contributed by atoms with Gasteiger partial charge in [0, 0.05) is 9.17 Å². The Morgan fingerprint density at radius 3 is 2.60 bits per heavy atom. The van der Waals surface area contributed by atoms with E-state index in [2.05, 4.69) is 27.4 Å². The molecule has 1 unspecified atom stereocenters. The van der Waals surface area contributed by atoms with Gasteiger partial charge < -0.3 is 0 Å². The van der Waals surface area contributed by atoms with Gasteiger partial charge in [0.25, 0.3) is 0 Å². The van der Waals surface area contributed by atoms with Gasteiger partial charge in [-0.1, -0.05) is 41.4 Å². The molecule has 0 saturated carbocycles. The summed E-state index contributed by atoms with van der Waals surface area (Å²) in [6.45, 7) is 0. The van der Waals surface area contributed by atoms with Crippen molar-refractivity contribution in [3.63, 3.8) is 0 Å². The second kappa shape index (κ2) is 5.86. The number of hydrogen-bond donors (Lipinski definition) is 0. The standard InChI is InChI=1S/C15H8BrCl3S/c16-11-3-1-2-9-10(7-20-15(9)11)14(19)8-4-5-12(17)13(18)6-8/h1-7,14H. The van der Waals surface area contributed by atoms with E-state index in [9.17, 15) is 0 Å². The van der Waals surface area contributed by atoms with E-state index < -0.39 is 0 Å². The minimum atomic E-state index is -0.243. The zero-order chi connectivity index (χ0) is 14.3. The van der Waals surface area contributed by atoms with Gasteiger partial charge in [-0.2, -0.15) is 0 Å². The molecule has 0 nitrogen and oxygen atoms in total. The van der Waals surface area contributed by atoms with Crippen molar-refractivity contribution in [2.24, 2.45) is 0 Å². The summed E-state index contributed by atoms with van der Waals surface area (Å²) in [6.07, 6.45) is 0. The molecule has 20 heavy (non-hydrogen) atoms. The summed E-state index contributed by atoms with van der Waals surface area (Å²) in [7, 11) is 0. The molecule has 0 amide bonds. The van der Waals surface area contributed by atoms with Gasteiger partial charge >= 0.3 is 0 Å². The van der Waals surface area contributed by atoms with Gasteiger partial charge in [0.15, 0.2) is 0 Å². The molecular formula is C15H8BrCl3S. The highest BCUT2D eigenvalue weighted by Gasteiger charge is 2.17. The van der Waals surface area contributed by atoms with Crippen molar-refractivity contribution in [3.05, 3.63) is 67.4 Å². The van der Waals surface area contributed by atoms with Crippen LogP contribution in [-0.4, -0.2) is 0 Å². The zero-order valence-corrected chi connectivity index (χ0v) is 14.7. The lowest BCUT2D eigenvalue weighted by Gasteiger charge is -2.10. The maximum atomic E-state index is 6.62. The second-order valence-corrected chi connectivity index (χ2v) is 7.33.